The fourth-order valence-corrected chi connectivity index (χ4v) is 7.11. The van der Waals surface area contributed by atoms with Crippen molar-refractivity contribution in [3.05, 3.63) is 42.0 Å². The number of unbranched alkanes of at least 4 members (excludes halogenated alkanes) is 1. The molecule has 0 spiro atoms. The highest BCUT2D eigenvalue weighted by atomic mass is 33.1. The van der Waals surface area contributed by atoms with E-state index in [2.05, 4.69) is 5.32 Å². The van der Waals surface area contributed by atoms with Crippen molar-refractivity contribution < 1.29 is 33.6 Å². The predicted octanol–water partition coefficient (Wildman–Crippen LogP) is 6.22. The number of ether oxygens (including phenoxy) is 4. The Hall–Kier alpha value is -2.98. The van der Waals surface area contributed by atoms with Crippen LogP contribution in [0.4, 0.5) is 5.69 Å². The highest BCUT2D eigenvalue weighted by molar-refractivity contribution is 8.77. The van der Waals surface area contributed by atoms with Gasteiger partial charge in [0.25, 0.3) is 0 Å². The van der Waals surface area contributed by atoms with Crippen LogP contribution in [0.15, 0.2) is 36.4 Å². The Kier molecular flexibility index (Phi) is 10.5. The summed E-state index contributed by atoms with van der Waals surface area (Å²) in [4.78, 5) is 24.8. The van der Waals surface area contributed by atoms with Crippen LogP contribution in [0.5, 0.6) is 28.7 Å². The number of carbonyl (C=O) groups excluding carboxylic acids is 2. The fourth-order valence-electron chi connectivity index (χ4n) is 4.08. The molecule has 2 aliphatic rings. The van der Waals surface area contributed by atoms with E-state index >= 15 is 0 Å². The molecule has 1 fully saturated rings. The summed E-state index contributed by atoms with van der Waals surface area (Å²) >= 11 is 0. The summed E-state index contributed by atoms with van der Waals surface area (Å²) in [5, 5.41) is 13.7. The van der Waals surface area contributed by atoms with Crippen LogP contribution in [0.1, 0.15) is 50.5 Å². The van der Waals surface area contributed by atoms with Gasteiger partial charge in [0.15, 0.2) is 34.5 Å². The van der Waals surface area contributed by atoms with Crippen LogP contribution < -0.4 is 24.3 Å². The third kappa shape index (κ3) is 8.26. The molecule has 2 N–H and O–H groups in total. The van der Waals surface area contributed by atoms with E-state index in [0.29, 0.717) is 59.7 Å². The average Bonchev–Trinajstić information content (AvgIpc) is 3.60. The maximum absolute atomic E-state index is 12.5. The molecule has 1 saturated heterocycles. The normalized spacial score (nSPS) is 16.1. The number of phenols is 1. The zero-order valence-corrected chi connectivity index (χ0v) is 23.0. The van der Waals surface area contributed by atoms with Gasteiger partial charge < -0.3 is 29.4 Å². The summed E-state index contributed by atoms with van der Waals surface area (Å²) in [6.45, 7) is 0.630. The van der Waals surface area contributed by atoms with E-state index in [1.807, 2.05) is 21.6 Å². The van der Waals surface area contributed by atoms with Crippen LogP contribution in [0.3, 0.4) is 0 Å². The highest BCUT2D eigenvalue weighted by Crippen LogP contribution is 2.41. The summed E-state index contributed by atoms with van der Waals surface area (Å²) in [6, 6.07) is 8.34. The van der Waals surface area contributed by atoms with Gasteiger partial charge in [0, 0.05) is 42.5 Å². The number of aromatic hydroxyl groups is 1. The molecule has 2 heterocycles. The number of esters is 1. The monoisotopic (exact) mass is 559 g/mol. The number of anilines is 1. The van der Waals surface area contributed by atoms with Crippen molar-refractivity contribution in [2.75, 3.05) is 31.5 Å². The molecule has 1 atom stereocenters. The largest absolute Gasteiger partial charge is 0.504 e. The van der Waals surface area contributed by atoms with Gasteiger partial charge in [-0.1, -0.05) is 40.2 Å². The van der Waals surface area contributed by atoms with Crippen molar-refractivity contribution in [1.82, 2.24) is 0 Å². The van der Waals surface area contributed by atoms with Crippen LogP contribution >= 0.6 is 21.6 Å². The molecular weight excluding hydrogens is 526 g/mol. The van der Waals surface area contributed by atoms with Crippen LogP contribution in [-0.2, 0) is 9.59 Å². The Balaban J connectivity index is 1.24. The van der Waals surface area contributed by atoms with E-state index in [0.717, 1.165) is 24.8 Å². The van der Waals surface area contributed by atoms with E-state index in [4.69, 9.17) is 18.9 Å². The fraction of sp³-hybridized carbons (Fsp3) is 0.429. The number of benzene rings is 2. The maximum atomic E-state index is 12.5. The van der Waals surface area contributed by atoms with Crippen LogP contribution in [0.25, 0.3) is 6.08 Å². The number of rotatable bonds is 14. The zero-order valence-electron chi connectivity index (χ0n) is 21.4. The molecule has 10 heteroatoms. The third-order valence-corrected chi connectivity index (χ3v) is 9.17. The minimum Gasteiger partial charge on any atom is -0.504 e. The highest BCUT2D eigenvalue weighted by Gasteiger charge is 2.20. The van der Waals surface area contributed by atoms with Gasteiger partial charge >= 0.3 is 5.97 Å². The molecule has 0 radical (unpaired) electrons. The van der Waals surface area contributed by atoms with Crippen LogP contribution in [0.2, 0.25) is 0 Å². The number of hydrogen-bond donors (Lipinski definition) is 2. The lowest BCUT2D eigenvalue weighted by Crippen LogP contribution is -2.11. The Morgan fingerprint density at radius 1 is 1.11 bits per heavy atom. The number of fused-ring (bicyclic) bond motifs is 1. The van der Waals surface area contributed by atoms with Crippen LogP contribution in [-0.4, -0.2) is 48.3 Å². The quantitative estimate of drug-likeness (QED) is 0.0911. The Morgan fingerprint density at radius 2 is 1.95 bits per heavy atom. The molecule has 1 unspecified atom stereocenters. The lowest BCUT2D eigenvalue weighted by Gasteiger charge is -2.13. The molecule has 8 nitrogen and oxygen atoms in total. The van der Waals surface area contributed by atoms with E-state index in [1.165, 1.54) is 31.4 Å². The SMILES string of the molecule is COc1cc(C=CC(=O)CCCNc2cc3c(cc2OC(=O)CCCCC2CCSS2)OCO3)ccc1O. The topological polar surface area (TPSA) is 103 Å². The Morgan fingerprint density at radius 3 is 2.74 bits per heavy atom. The number of hydrogen-bond acceptors (Lipinski definition) is 10. The average molecular weight is 560 g/mol. The van der Waals surface area contributed by atoms with Gasteiger partial charge in [-0.2, -0.15) is 0 Å². The predicted molar refractivity (Wildman–Crippen MR) is 152 cm³/mol. The number of phenolic OH excluding ortho intramolecular Hbond substituents is 1. The number of ketones is 1. The van der Waals surface area contributed by atoms with Crippen molar-refractivity contribution in [2.24, 2.45) is 0 Å². The van der Waals surface area contributed by atoms with E-state index < -0.39 is 0 Å². The molecule has 2 aliphatic heterocycles. The van der Waals surface area contributed by atoms with Crippen molar-refractivity contribution in [3.8, 4) is 28.7 Å². The molecule has 2 aromatic rings. The number of nitrogens with one attached hydrogen (secondary N) is 1. The number of methoxy groups -OCH3 is 1. The molecule has 2 aromatic carbocycles. The summed E-state index contributed by atoms with van der Waals surface area (Å²) in [6.07, 6.45) is 8.72. The maximum Gasteiger partial charge on any atom is 0.311 e. The Labute approximate surface area is 230 Å². The minimum atomic E-state index is -0.272. The Bertz CT molecular complexity index is 1150. The first-order valence-corrected chi connectivity index (χ1v) is 15.1. The zero-order chi connectivity index (χ0) is 26.7. The molecule has 38 heavy (non-hydrogen) atoms. The lowest BCUT2D eigenvalue weighted by molar-refractivity contribution is -0.134. The molecular formula is C28H33NO7S2. The molecule has 0 bridgehead atoms. The third-order valence-electron chi connectivity index (χ3n) is 6.16. The van der Waals surface area contributed by atoms with Gasteiger partial charge in [-0.05, 0) is 49.5 Å². The van der Waals surface area contributed by atoms with Crippen molar-refractivity contribution in [1.29, 1.82) is 0 Å². The van der Waals surface area contributed by atoms with E-state index in [1.54, 1.807) is 30.3 Å². The van der Waals surface area contributed by atoms with E-state index in [-0.39, 0.29) is 24.3 Å². The number of carbonyl (C=O) groups is 2. The van der Waals surface area contributed by atoms with Crippen molar-refractivity contribution in [2.45, 2.75) is 50.2 Å². The smallest absolute Gasteiger partial charge is 0.311 e. The van der Waals surface area contributed by atoms with E-state index in [9.17, 15) is 14.7 Å². The van der Waals surface area contributed by atoms with Gasteiger partial charge in [-0.15, -0.1) is 0 Å². The van der Waals surface area contributed by atoms with Gasteiger partial charge in [-0.3, -0.25) is 9.59 Å². The summed E-state index contributed by atoms with van der Waals surface area (Å²) < 4.78 is 21.7. The van der Waals surface area contributed by atoms with Gasteiger partial charge in [0.05, 0.1) is 12.8 Å². The lowest BCUT2D eigenvalue weighted by atomic mass is 10.1. The molecule has 204 valence electrons. The molecule has 0 saturated carbocycles. The van der Waals surface area contributed by atoms with Gasteiger partial charge in [0.1, 0.15) is 0 Å². The second-order valence-electron chi connectivity index (χ2n) is 9.01. The molecule has 4 rings (SSSR count). The summed E-state index contributed by atoms with van der Waals surface area (Å²) in [5.74, 6) is 2.85. The van der Waals surface area contributed by atoms with Crippen molar-refractivity contribution >= 4 is 45.1 Å². The summed E-state index contributed by atoms with van der Waals surface area (Å²) in [5.41, 5.74) is 1.38. The first-order chi connectivity index (χ1) is 18.5. The first kappa shape index (κ1) is 28.0. The minimum absolute atomic E-state index is 0.0224. The van der Waals surface area contributed by atoms with Gasteiger partial charge in [0.2, 0.25) is 6.79 Å². The molecule has 0 amide bonds. The van der Waals surface area contributed by atoms with Crippen LogP contribution in [0, 0.1) is 0 Å². The molecule has 0 aliphatic carbocycles. The standard InChI is InChI=1S/C28H33NO7S2/c1-33-25-15-19(9-11-23(25)31)8-10-20(30)5-4-13-29-22-16-26-27(35-18-34-26)17-24(22)36-28(32)7-3-2-6-21-12-14-37-38-21/h8-11,15-17,21,29,31H,2-7,12-14,18H2,1H3. The second-order valence-corrected chi connectivity index (χ2v) is 11.8. The second kappa shape index (κ2) is 14.2. The first-order valence-electron chi connectivity index (χ1n) is 12.8. The van der Waals surface area contributed by atoms with Gasteiger partial charge in [-0.25, -0.2) is 0 Å². The summed E-state index contributed by atoms with van der Waals surface area (Å²) in [7, 11) is 5.37. The molecule has 0 aromatic heterocycles. The van der Waals surface area contributed by atoms with Crippen molar-refractivity contribution in [3.63, 3.8) is 0 Å². The number of allylic oxidation sites excluding steroid dienone is 1.